The molecule has 9 heteroatoms. The zero-order valence-corrected chi connectivity index (χ0v) is 13.1. The lowest BCUT2D eigenvalue weighted by Crippen LogP contribution is -2.21. The van der Waals surface area contributed by atoms with Gasteiger partial charge in [0.1, 0.15) is 11.0 Å². The molecule has 0 unspecified atom stereocenters. The topological polar surface area (TPSA) is 100 Å². The molecule has 1 heterocycles. The number of para-hydroxylation sites is 1. The minimum absolute atomic E-state index is 0.0565. The van der Waals surface area contributed by atoms with E-state index in [1.54, 1.807) is 24.3 Å². The van der Waals surface area contributed by atoms with Crippen molar-refractivity contribution in [2.24, 2.45) is 0 Å². The van der Waals surface area contributed by atoms with Gasteiger partial charge in [0.05, 0.1) is 10.5 Å². The number of carbonyl (C=O) groups excluding carboxylic acids is 1. The van der Waals surface area contributed by atoms with E-state index >= 15 is 0 Å². The lowest BCUT2D eigenvalue weighted by atomic mass is 10.1. The fraction of sp³-hybridized carbons (Fsp3) is 0.0714. The first-order valence-corrected chi connectivity index (χ1v) is 7.58. The fourth-order valence-corrected chi connectivity index (χ4v) is 2.49. The molecule has 0 saturated carbocycles. The van der Waals surface area contributed by atoms with E-state index in [-0.39, 0.29) is 11.3 Å². The third-order valence-corrected chi connectivity index (χ3v) is 3.76. The second-order valence-electron chi connectivity index (χ2n) is 4.56. The average Bonchev–Trinajstić information content (AvgIpc) is 2.97. The Morgan fingerprint density at radius 3 is 2.83 bits per heavy atom. The summed E-state index contributed by atoms with van der Waals surface area (Å²) in [6.07, 6.45) is 0. The second kappa shape index (κ2) is 6.13. The van der Waals surface area contributed by atoms with E-state index in [1.165, 1.54) is 18.2 Å². The highest BCUT2D eigenvalue weighted by Crippen LogP contribution is 2.23. The molecule has 3 rings (SSSR count). The average molecular weight is 377 g/mol. The molecule has 0 N–H and O–H groups in total. The predicted molar refractivity (Wildman–Crippen MR) is 84.2 cm³/mol. The van der Waals surface area contributed by atoms with Crippen molar-refractivity contribution in [2.75, 3.05) is 0 Å². The van der Waals surface area contributed by atoms with Crippen molar-refractivity contribution in [3.8, 4) is 0 Å². The number of carbonyl (C=O) groups is 1. The van der Waals surface area contributed by atoms with Crippen molar-refractivity contribution in [2.45, 2.75) is 5.33 Å². The summed E-state index contributed by atoms with van der Waals surface area (Å²) in [5.74, 6) is -0.759. The summed E-state index contributed by atoms with van der Waals surface area (Å²) in [6, 6.07) is 11.1. The maximum absolute atomic E-state index is 12.2. The number of hydrogen-bond donors (Lipinski definition) is 0. The van der Waals surface area contributed by atoms with E-state index in [1.807, 2.05) is 0 Å². The van der Waals surface area contributed by atoms with Crippen LogP contribution in [-0.4, -0.2) is 26.0 Å². The molecule has 0 bridgehead atoms. The smallest absolute Gasteiger partial charge is 0.312 e. The summed E-state index contributed by atoms with van der Waals surface area (Å²) in [7, 11) is 0. The van der Waals surface area contributed by atoms with Gasteiger partial charge in [-0.3, -0.25) is 10.1 Å². The molecule has 116 valence electrons. The number of nitro groups is 1. The third kappa shape index (κ3) is 2.90. The Hall–Kier alpha value is -2.81. The van der Waals surface area contributed by atoms with Crippen LogP contribution in [0.4, 0.5) is 5.69 Å². The van der Waals surface area contributed by atoms with Crippen LogP contribution in [0.2, 0.25) is 0 Å². The van der Waals surface area contributed by atoms with E-state index in [9.17, 15) is 14.9 Å². The zero-order valence-electron chi connectivity index (χ0n) is 11.5. The van der Waals surface area contributed by atoms with E-state index < -0.39 is 10.9 Å². The predicted octanol–water partition coefficient (Wildman–Crippen LogP) is 2.50. The number of fused-ring (bicyclic) bond motifs is 1. The highest BCUT2D eigenvalue weighted by molar-refractivity contribution is 9.08. The standard InChI is InChI=1S/C14H9BrN4O4/c15-8-10-6-5-9(7-13(10)19(21)22)14(20)23-18-12-4-2-1-3-11(12)16-17-18/h1-7H,8H2. The van der Waals surface area contributed by atoms with Crippen molar-refractivity contribution < 1.29 is 14.6 Å². The summed E-state index contributed by atoms with van der Waals surface area (Å²) in [6.45, 7) is 0. The van der Waals surface area contributed by atoms with Gasteiger partial charge in [-0.1, -0.05) is 39.0 Å². The number of hydrogen-bond acceptors (Lipinski definition) is 6. The number of alkyl halides is 1. The molecule has 2 aromatic carbocycles. The van der Waals surface area contributed by atoms with Gasteiger partial charge in [-0.2, -0.15) is 0 Å². The molecule has 0 amide bonds. The van der Waals surface area contributed by atoms with Crippen LogP contribution >= 0.6 is 15.9 Å². The van der Waals surface area contributed by atoms with Gasteiger partial charge in [0.2, 0.25) is 0 Å². The number of aromatic nitrogens is 3. The Labute approximate surface area is 137 Å². The molecule has 0 aliphatic heterocycles. The lowest BCUT2D eigenvalue weighted by molar-refractivity contribution is -0.385. The highest BCUT2D eigenvalue weighted by Gasteiger charge is 2.19. The second-order valence-corrected chi connectivity index (χ2v) is 5.12. The van der Waals surface area contributed by atoms with Gasteiger partial charge in [-0.15, -0.1) is 5.10 Å². The van der Waals surface area contributed by atoms with Crippen LogP contribution in [0.25, 0.3) is 11.0 Å². The van der Waals surface area contributed by atoms with E-state index in [4.69, 9.17) is 4.84 Å². The molecule has 0 saturated heterocycles. The monoisotopic (exact) mass is 376 g/mol. The normalized spacial score (nSPS) is 10.7. The molecule has 0 aliphatic carbocycles. The van der Waals surface area contributed by atoms with E-state index in [2.05, 4.69) is 26.2 Å². The van der Waals surface area contributed by atoms with Gasteiger partial charge in [0.25, 0.3) is 5.69 Å². The maximum atomic E-state index is 12.2. The minimum Gasteiger partial charge on any atom is -0.312 e. The zero-order chi connectivity index (χ0) is 16.4. The molecule has 23 heavy (non-hydrogen) atoms. The number of nitro benzene ring substituents is 1. The molecule has 3 aromatic rings. The van der Waals surface area contributed by atoms with Gasteiger partial charge in [0.15, 0.2) is 0 Å². The van der Waals surface area contributed by atoms with Crippen LogP contribution in [0.5, 0.6) is 0 Å². The maximum Gasteiger partial charge on any atom is 0.366 e. The largest absolute Gasteiger partial charge is 0.366 e. The van der Waals surface area contributed by atoms with Gasteiger partial charge >= 0.3 is 5.97 Å². The summed E-state index contributed by atoms with van der Waals surface area (Å²) < 4.78 is 0. The first kappa shape index (κ1) is 15.1. The molecule has 8 nitrogen and oxygen atoms in total. The molecule has 0 radical (unpaired) electrons. The van der Waals surface area contributed by atoms with Gasteiger partial charge in [0, 0.05) is 17.0 Å². The van der Waals surface area contributed by atoms with E-state index in [0.29, 0.717) is 21.9 Å². The van der Waals surface area contributed by atoms with Crippen LogP contribution in [0.3, 0.4) is 0 Å². The summed E-state index contributed by atoms with van der Waals surface area (Å²) >= 11 is 3.17. The number of halogens is 1. The summed E-state index contributed by atoms with van der Waals surface area (Å²) in [4.78, 5) is 28.8. The van der Waals surface area contributed by atoms with Gasteiger partial charge in [-0.25, -0.2) is 4.79 Å². The first-order chi connectivity index (χ1) is 11.1. The molecule has 0 aliphatic rings. The van der Waals surface area contributed by atoms with Gasteiger partial charge in [-0.05, 0) is 23.4 Å². The van der Waals surface area contributed by atoms with Crippen molar-refractivity contribution in [1.82, 2.24) is 15.2 Å². The van der Waals surface area contributed by atoms with Crippen LogP contribution in [0, 0.1) is 10.1 Å². The lowest BCUT2D eigenvalue weighted by Gasteiger charge is -2.05. The van der Waals surface area contributed by atoms with Crippen molar-refractivity contribution in [1.29, 1.82) is 0 Å². The Kier molecular flexibility index (Phi) is 4.02. The quantitative estimate of drug-likeness (QED) is 0.300. The molecule has 0 fully saturated rings. The van der Waals surface area contributed by atoms with Crippen LogP contribution in [0.15, 0.2) is 42.5 Å². The Morgan fingerprint density at radius 2 is 2.09 bits per heavy atom. The molecule has 0 spiro atoms. The third-order valence-electron chi connectivity index (χ3n) is 3.15. The Balaban J connectivity index is 1.91. The summed E-state index contributed by atoms with van der Waals surface area (Å²) in [5, 5.41) is 19.0. The molecular weight excluding hydrogens is 368 g/mol. The van der Waals surface area contributed by atoms with Crippen LogP contribution in [-0.2, 0) is 5.33 Å². The van der Waals surface area contributed by atoms with E-state index in [0.717, 1.165) is 4.85 Å². The fourth-order valence-electron chi connectivity index (χ4n) is 2.02. The van der Waals surface area contributed by atoms with Crippen molar-refractivity contribution in [3.63, 3.8) is 0 Å². The Bertz CT molecular complexity index is 909. The van der Waals surface area contributed by atoms with Crippen molar-refractivity contribution in [3.05, 3.63) is 63.7 Å². The number of rotatable bonds is 4. The first-order valence-electron chi connectivity index (χ1n) is 6.46. The van der Waals surface area contributed by atoms with Gasteiger partial charge < -0.3 is 4.84 Å². The van der Waals surface area contributed by atoms with Crippen LogP contribution in [0.1, 0.15) is 15.9 Å². The highest BCUT2D eigenvalue weighted by atomic mass is 79.9. The summed E-state index contributed by atoms with van der Waals surface area (Å²) in [5.41, 5.74) is 1.46. The Morgan fingerprint density at radius 1 is 1.30 bits per heavy atom. The van der Waals surface area contributed by atoms with Crippen molar-refractivity contribution >= 4 is 38.6 Å². The number of nitrogens with zero attached hydrogens (tertiary/aromatic N) is 4. The molecule has 1 aromatic heterocycles. The number of benzene rings is 2. The molecule has 0 atom stereocenters. The SMILES string of the molecule is O=C(On1nnc2ccccc21)c1ccc(CBr)c([N+](=O)[O-])c1. The minimum atomic E-state index is -0.759. The molecular formula is C14H9BrN4O4. The van der Waals surface area contributed by atoms with Crippen LogP contribution < -0.4 is 4.84 Å².